The van der Waals surface area contributed by atoms with E-state index >= 15 is 0 Å². The second-order valence-corrected chi connectivity index (χ2v) is 4.48. The van der Waals surface area contributed by atoms with E-state index in [1.165, 1.54) is 6.20 Å². The lowest BCUT2D eigenvalue weighted by Crippen LogP contribution is -2.12. The van der Waals surface area contributed by atoms with Crippen molar-refractivity contribution in [2.45, 2.75) is 25.7 Å². The summed E-state index contributed by atoms with van der Waals surface area (Å²) in [5.74, 6) is -0.673. The minimum absolute atomic E-state index is 0.00213. The molecule has 0 radical (unpaired) electrons. The SMILES string of the molecule is CCOC(=O)Cc1ncc(Br)c(CCl)c1C(F)F. The van der Waals surface area contributed by atoms with Crippen LogP contribution in [0.25, 0.3) is 0 Å². The van der Waals surface area contributed by atoms with Crippen molar-refractivity contribution >= 4 is 33.5 Å². The highest BCUT2D eigenvalue weighted by atomic mass is 79.9. The summed E-state index contributed by atoms with van der Waals surface area (Å²) in [6.07, 6.45) is -1.67. The lowest BCUT2D eigenvalue weighted by molar-refractivity contribution is -0.142. The van der Waals surface area contributed by atoms with Crippen molar-refractivity contribution in [2.24, 2.45) is 0 Å². The topological polar surface area (TPSA) is 39.2 Å². The van der Waals surface area contributed by atoms with Crippen LogP contribution < -0.4 is 0 Å². The molecule has 0 unspecified atom stereocenters. The van der Waals surface area contributed by atoms with Crippen LogP contribution in [0, 0.1) is 0 Å². The number of alkyl halides is 3. The van der Waals surface area contributed by atoms with Crippen molar-refractivity contribution in [1.29, 1.82) is 0 Å². The van der Waals surface area contributed by atoms with Gasteiger partial charge >= 0.3 is 5.97 Å². The van der Waals surface area contributed by atoms with Crippen LogP contribution in [-0.2, 0) is 21.8 Å². The molecular formula is C11H11BrClF2NO2. The molecule has 0 aliphatic heterocycles. The van der Waals surface area contributed by atoms with Crippen LogP contribution in [0.2, 0.25) is 0 Å². The van der Waals surface area contributed by atoms with Gasteiger partial charge in [-0.15, -0.1) is 11.6 Å². The van der Waals surface area contributed by atoms with Gasteiger partial charge < -0.3 is 4.74 Å². The Morgan fingerprint density at radius 2 is 2.28 bits per heavy atom. The summed E-state index contributed by atoms with van der Waals surface area (Å²) >= 11 is 8.75. The van der Waals surface area contributed by atoms with E-state index in [9.17, 15) is 13.6 Å². The van der Waals surface area contributed by atoms with Crippen molar-refractivity contribution in [3.63, 3.8) is 0 Å². The third-order valence-electron chi connectivity index (χ3n) is 2.23. The Bertz CT molecular complexity index is 443. The van der Waals surface area contributed by atoms with Crippen molar-refractivity contribution in [2.75, 3.05) is 6.61 Å². The Balaban J connectivity index is 3.15. The number of aromatic nitrogens is 1. The maximum Gasteiger partial charge on any atom is 0.311 e. The van der Waals surface area contributed by atoms with E-state index in [-0.39, 0.29) is 35.7 Å². The maximum atomic E-state index is 13.0. The largest absolute Gasteiger partial charge is 0.466 e. The van der Waals surface area contributed by atoms with Crippen molar-refractivity contribution < 1.29 is 18.3 Å². The first kappa shape index (κ1) is 15.3. The average molecular weight is 343 g/mol. The molecule has 100 valence electrons. The fourth-order valence-electron chi connectivity index (χ4n) is 1.47. The van der Waals surface area contributed by atoms with E-state index in [0.29, 0.717) is 4.47 Å². The van der Waals surface area contributed by atoms with E-state index < -0.39 is 12.4 Å². The summed E-state index contributed by atoms with van der Waals surface area (Å²) in [5, 5.41) is 0. The molecule has 0 aromatic carbocycles. The first-order valence-electron chi connectivity index (χ1n) is 5.17. The van der Waals surface area contributed by atoms with Crippen LogP contribution in [0.1, 0.15) is 30.2 Å². The molecule has 0 atom stereocenters. The number of halogens is 4. The highest BCUT2D eigenvalue weighted by Crippen LogP contribution is 2.32. The number of ether oxygens (including phenoxy) is 1. The quantitative estimate of drug-likeness (QED) is 0.606. The molecule has 1 aromatic rings. The van der Waals surface area contributed by atoms with Crippen LogP contribution >= 0.6 is 27.5 Å². The zero-order valence-electron chi connectivity index (χ0n) is 9.55. The summed E-state index contributed by atoms with van der Waals surface area (Å²) in [7, 11) is 0. The molecule has 1 aromatic heterocycles. The molecule has 7 heteroatoms. The predicted octanol–water partition coefficient (Wildman–Crippen LogP) is 3.63. The van der Waals surface area contributed by atoms with E-state index in [0.717, 1.165) is 0 Å². The molecule has 0 bridgehead atoms. The molecule has 1 rings (SSSR count). The van der Waals surface area contributed by atoms with Gasteiger partial charge in [0.15, 0.2) is 0 Å². The number of carbonyl (C=O) groups excluding carboxylic acids is 1. The molecule has 0 spiro atoms. The number of esters is 1. The van der Waals surface area contributed by atoms with Crippen LogP contribution in [0.15, 0.2) is 10.7 Å². The van der Waals surface area contributed by atoms with Crippen LogP contribution in [0.3, 0.4) is 0 Å². The summed E-state index contributed by atoms with van der Waals surface area (Å²) in [4.78, 5) is 15.2. The molecule has 0 amide bonds. The molecular weight excluding hydrogens is 331 g/mol. The molecule has 1 heterocycles. The smallest absolute Gasteiger partial charge is 0.311 e. The van der Waals surface area contributed by atoms with Gasteiger partial charge in [-0.3, -0.25) is 9.78 Å². The molecule has 0 aliphatic carbocycles. The zero-order valence-corrected chi connectivity index (χ0v) is 11.9. The van der Waals surface area contributed by atoms with Crippen molar-refractivity contribution in [3.8, 4) is 0 Å². The second kappa shape index (κ2) is 6.99. The van der Waals surface area contributed by atoms with E-state index in [4.69, 9.17) is 16.3 Å². The van der Waals surface area contributed by atoms with Gasteiger partial charge in [0.1, 0.15) is 0 Å². The third-order valence-corrected chi connectivity index (χ3v) is 3.18. The van der Waals surface area contributed by atoms with Gasteiger partial charge in [0.25, 0.3) is 6.43 Å². The lowest BCUT2D eigenvalue weighted by atomic mass is 10.1. The fourth-order valence-corrected chi connectivity index (χ4v) is 2.37. The maximum absolute atomic E-state index is 13.0. The van der Waals surface area contributed by atoms with Gasteiger partial charge in [-0.1, -0.05) is 0 Å². The highest BCUT2D eigenvalue weighted by molar-refractivity contribution is 9.10. The normalized spacial score (nSPS) is 10.8. The van der Waals surface area contributed by atoms with Gasteiger partial charge in [0, 0.05) is 22.1 Å². The van der Waals surface area contributed by atoms with Gasteiger partial charge in [-0.05, 0) is 28.4 Å². The number of hydrogen-bond donors (Lipinski definition) is 0. The Labute approximate surface area is 117 Å². The molecule has 0 aliphatic rings. The number of carbonyl (C=O) groups is 1. The summed E-state index contributed by atoms with van der Waals surface area (Å²) < 4.78 is 31.2. The molecule has 0 saturated heterocycles. The first-order valence-corrected chi connectivity index (χ1v) is 6.49. The Kier molecular flexibility index (Phi) is 5.95. The third kappa shape index (κ3) is 3.62. The van der Waals surface area contributed by atoms with Crippen LogP contribution in [0.4, 0.5) is 8.78 Å². The molecule has 18 heavy (non-hydrogen) atoms. The van der Waals surface area contributed by atoms with Gasteiger partial charge in [0.2, 0.25) is 0 Å². The monoisotopic (exact) mass is 341 g/mol. The Morgan fingerprint density at radius 3 is 2.78 bits per heavy atom. The lowest BCUT2D eigenvalue weighted by Gasteiger charge is -2.13. The number of hydrogen-bond acceptors (Lipinski definition) is 3. The minimum Gasteiger partial charge on any atom is -0.466 e. The predicted molar refractivity (Wildman–Crippen MR) is 66.8 cm³/mol. The van der Waals surface area contributed by atoms with Gasteiger partial charge in [-0.25, -0.2) is 8.78 Å². The number of nitrogens with zero attached hydrogens (tertiary/aromatic N) is 1. The summed E-state index contributed by atoms with van der Waals surface area (Å²) in [5.41, 5.74) is -0.0457. The van der Waals surface area contributed by atoms with Crippen LogP contribution in [0.5, 0.6) is 0 Å². The van der Waals surface area contributed by atoms with Crippen molar-refractivity contribution in [3.05, 3.63) is 27.5 Å². The van der Waals surface area contributed by atoms with E-state index in [1.807, 2.05) is 0 Å². The minimum atomic E-state index is -2.74. The fraction of sp³-hybridized carbons (Fsp3) is 0.455. The van der Waals surface area contributed by atoms with E-state index in [2.05, 4.69) is 20.9 Å². The summed E-state index contributed by atoms with van der Waals surface area (Å²) in [6.45, 7) is 1.84. The average Bonchev–Trinajstić information content (AvgIpc) is 2.30. The molecule has 3 nitrogen and oxygen atoms in total. The first-order chi connectivity index (χ1) is 8.51. The zero-order chi connectivity index (χ0) is 13.7. The second-order valence-electron chi connectivity index (χ2n) is 3.36. The Hall–Kier alpha value is -0.750. The Morgan fingerprint density at radius 1 is 1.61 bits per heavy atom. The van der Waals surface area contributed by atoms with Crippen molar-refractivity contribution in [1.82, 2.24) is 4.98 Å². The van der Waals surface area contributed by atoms with Gasteiger partial charge in [-0.2, -0.15) is 0 Å². The number of pyridine rings is 1. The van der Waals surface area contributed by atoms with Gasteiger partial charge in [0.05, 0.1) is 18.7 Å². The molecule has 0 N–H and O–H groups in total. The van der Waals surface area contributed by atoms with Crippen LogP contribution in [-0.4, -0.2) is 17.6 Å². The summed E-state index contributed by atoms with van der Waals surface area (Å²) in [6, 6.07) is 0. The molecule has 0 saturated carbocycles. The van der Waals surface area contributed by atoms with E-state index in [1.54, 1.807) is 6.92 Å². The number of rotatable bonds is 5. The highest BCUT2D eigenvalue weighted by Gasteiger charge is 2.22. The standard InChI is InChI=1S/C11H11BrClF2NO2/c1-2-18-9(17)3-8-10(11(14)15)6(4-13)7(12)5-16-8/h5,11H,2-4H2,1H3. The molecule has 0 fully saturated rings.